The third kappa shape index (κ3) is 7.95. The van der Waals surface area contributed by atoms with Gasteiger partial charge < -0.3 is 5.11 Å². The van der Waals surface area contributed by atoms with E-state index in [-0.39, 0.29) is 6.04 Å². The van der Waals surface area contributed by atoms with Crippen molar-refractivity contribution in [1.82, 2.24) is 29.2 Å². The van der Waals surface area contributed by atoms with Gasteiger partial charge in [0.2, 0.25) is 10.0 Å². The van der Waals surface area contributed by atoms with E-state index >= 15 is 0 Å². The minimum atomic E-state index is -5.08. The van der Waals surface area contributed by atoms with Crippen LogP contribution in [0, 0.1) is 0 Å². The van der Waals surface area contributed by atoms with Gasteiger partial charge in [-0.1, -0.05) is 0 Å². The normalized spacial score (nSPS) is 17.0. The molecule has 1 aliphatic heterocycles. The number of hydrogen-bond acceptors (Lipinski definition) is 6. The van der Waals surface area contributed by atoms with Crippen molar-refractivity contribution in [2.75, 3.05) is 19.3 Å². The summed E-state index contributed by atoms with van der Waals surface area (Å²) in [6.45, 7) is 5.88. The molecule has 14 heteroatoms. The van der Waals surface area contributed by atoms with Gasteiger partial charge in [-0.25, -0.2) is 17.9 Å². The highest BCUT2D eigenvalue weighted by Gasteiger charge is 2.38. The smallest absolute Gasteiger partial charge is 0.475 e. The monoisotopic (exact) mass is 466 g/mol. The van der Waals surface area contributed by atoms with Gasteiger partial charge in [-0.2, -0.15) is 23.4 Å². The molecule has 2 aromatic rings. The molecule has 1 atom stereocenters. The molecule has 0 spiro atoms. The summed E-state index contributed by atoms with van der Waals surface area (Å²) in [5, 5.41) is 15.9. The SMILES string of the molecule is CCn1cc(CN2Cc3ccnn3C(CCNS(C)(=O)=O)C2)cn1.O=C(O)C(F)(F)F. The number of carbonyl (C=O) groups is 1. The summed E-state index contributed by atoms with van der Waals surface area (Å²) in [5.74, 6) is -2.76. The molecular formula is C17H25F3N6O4S. The van der Waals surface area contributed by atoms with Gasteiger partial charge >= 0.3 is 12.1 Å². The maximum Gasteiger partial charge on any atom is 0.490 e. The number of aromatic nitrogens is 4. The molecule has 2 aromatic heterocycles. The van der Waals surface area contributed by atoms with Gasteiger partial charge in [0.15, 0.2) is 0 Å². The Labute approximate surface area is 177 Å². The summed E-state index contributed by atoms with van der Waals surface area (Å²) in [6.07, 6.45) is 2.62. The largest absolute Gasteiger partial charge is 0.490 e. The molecule has 1 unspecified atom stereocenters. The van der Waals surface area contributed by atoms with Crippen LogP contribution in [0.25, 0.3) is 0 Å². The van der Waals surface area contributed by atoms with Gasteiger partial charge in [-0.05, 0) is 19.4 Å². The van der Waals surface area contributed by atoms with Crippen LogP contribution in [-0.4, -0.2) is 69.5 Å². The minimum Gasteiger partial charge on any atom is -0.475 e. The van der Waals surface area contributed by atoms with Crippen LogP contribution in [0.5, 0.6) is 0 Å². The fourth-order valence-electron chi connectivity index (χ4n) is 3.13. The van der Waals surface area contributed by atoms with Gasteiger partial charge in [0.25, 0.3) is 0 Å². The predicted octanol–water partition coefficient (Wildman–Crippen LogP) is 1.23. The quantitative estimate of drug-likeness (QED) is 0.629. The zero-order valence-corrected chi connectivity index (χ0v) is 17.9. The van der Waals surface area contributed by atoms with Crippen molar-refractivity contribution in [3.63, 3.8) is 0 Å². The van der Waals surface area contributed by atoms with Crippen LogP contribution in [0.4, 0.5) is 13.2 Å². The molecular weight excluding hydrogens is 441 g/mol. The van der Waals surface area contributed by atoms with Gasteiger partial charge in [-0.3, -0.25) is 14.3 Å². The summed E-state index contributed by atoms with van der Waals surface area (Å²) in [4.78, 5) is 11.3. The van der Waals surface area contributed by atoms with Gasteiger partial charge in [-0.15, -0.1) is 0 Å². The van der Waals surface area contributed by atoms with E-state index in [9.17, 15) is 21.6 Å². The average Bonchev–Trinajstić information content (AvgIpc) is 3.29. The predicted molar refractivity (Wildman–Crippen MR) is 104 cm³/mol. The molecule has 31 heavy (non-hydrogen) atoms. The summed E-state index contributed by atoms with van der Waals surface area (Å²) in [6, 6.07) is 2.19. The Hall–Kier alpha value is -2.45. The number of nitrogens with one attached hydrogen (secondary N) is 1. The highest BCUT2D eigenvalue weighted by atomic mass is 32.2. The van der Waals surface area contributed by atoms with Gasteiger partial charge in [0, 0.05) is 50.7 Å². The van der Waals surface area contributed by atoms with Crippen molar-refractivity contribution in [1.29, 1.82) is 0 Å². The van der Waals surface area contributed by atoms with E-state index in [0.29, 0.717) is 13.0 Å². The molecule has 0 saturated heterocycles. The highest BCUT2D eigenvalue weighted by Crippen LogP contribution is 2.24. The Morgan fingerprint density at radius 2 is 2.03 bits per heavy atom. The summed E-state index contributed by atoms with van der Waals surface area (Å²) < 4.78 is 60.8. The maximum atomic E-state index is 11.3. The molecule has 10 nitrogen and oxygen atoms in total. The molecule has 0 fully saturated rings. The lowest BCUT2D eigenvalue weighted by atomic mass is 10.1. The molecule has 1 aliphatic rings. The third-order valence-electron chi connectivity index (χ3n) is 4.45. The lowest BCUT2D eigenvalue weighted by Crippen LogP contribution is -2.38. The molecule has 3 rings (SSSR count). The van der Waals surface area contributed by atoms with E-state index < -0.39 is 22.2 Å². The molecule has 3 heterocycles. The van der Waals surface area contributed by atoms with Crippen LogP contribution in [0.2, 0.25) is 0 Å². The number of hydrogen-bond donors (Lipinski definition) is 2. The van der Waals surface area contributed by atoms with Crippen molar-refractivity contribution in [2.24, 2.45) is 0 Å². The van der Waals surface area contributed by atoms with Gasteiger partial charge in [0.1, 0.15) is 0 Å². The van der Waals surface area contributed by atoms with Crippen molar-refractivity contribution in [2.45, 2.75) is 45.2 Å². The first kappa shape index (κ1) is 24.8. The zero-order chi connectivity index (χ0) is 23.2. The van der Waals surface area contributed by atoms with Crippen LogP contribution in [0.1, 0.15) is 30.6 Å². The van der Waals surface area contributed by atoms with Crippen LogP contribution in [0.3, 0.4) is 0 Å². The molecule has 0 bridgehead atoms. The number of fused-ring (bicyclic) bond motifs is 1. The second kappa shape index (κ2) is 10.2. The summed E-state index contributed by atoms with van der Waals surface area (Å²) in [7, 11) is -3.16. The first-order valence-electron chi connectivity index (χ1n) is 9.40. The Morgan fingerprint density at radius 3 is 2.58 bits per heavy atom. The number of carboxylic acids is 1. The van der Waals surface area contributed by atoms with Crippen LogP contribution < -0.4 is 4.72 Å². The highest BCUT2D eigenvalue weighted by molar-refractivity contribution is 7.88. The number of rotatable bonds is 7. The van der Waals surface area contributed by atoms with Crippen molar-refractivity contribution < 1.29 is 31.5 Å². The number of carboxylic acid groups (broad SMARTS) is 1. The summed E-state index contributed by atoms with van der Waals surface area (Å²) >= 11 is 0. The fourth-order valence-corrected chi connectivity index (χ4v) is 3.62. The Balaban J connectivity index is 0.000000423. The zero-order valence-electron chi connectivity index (χ0n) is 17.1. The molecule has 0 radical (unpaired) electrons. The van der Waals surface area contributed by atoms with Crippen LogP contribution in [0.15, 0.2) is 24.7 Å². The van der Waals surface area contributed by atoms with E-state index in [4.69, 9.17) is 9.90 Å². The van der Waals surface area contributed by atoms with Crippen molar-refractivity contribution in [3.05, 3.63) is 35.9 Å². The number of aliphatic carboxylic acids is 1. The second-order valence-electron chi connectivity index (χ2n) is 7.05. The van der Waals surface area contributed by atoms with Crippen molar-refractivity contribution in [3.8, 4) is 0 Å². The Bertz CT molecular complexity index is 973. The molecule has 0 aromatic carbocycles. The average molecular weight is 466 g/mol. The van der Waals surface area contributed by atoms with E-state index in [0.717, 1.165) is 31.9 Å². The standard InChI is InChI=1S/C15H24N6O2S.C2HF3O2/c1-3-20-10-13(8-17-20)9-19-11-14-4-6-16-21(14)15(12-19)5-7-18-24(2,22)23;3-2(4,5)1(6)7/h4,6,8,10,15,18H,3,5,7,9,11-12H2,1-2H3;(H,6,7). The van der Waals surface area contributed by atoms with E-state index in [2.05, 4.69) is 32.9 Å². The second-order valence-corrected chi connectivity index (χ2v) is 8.89. The third-order valence-corrected chi connectivity index (χ3v) is 5.18. The van der Waals surface area contributed by atoms with E-state index in [1.165, 1.54) is 11.8 Å². The first-order valence-corrected chi connectivity index (χ1v) is 11.3. The molecule has 0 aliphatic carbocycles. The molecule has 174 valence electrons. The number of alkyl halides is 3. The number of sulfonamides is 1. The number of aryl methyl sites for hydroxylation is 1. The maximum absolute atomic E-state index is 11.3. The lowest BCUT2D eigenvalue weighted by molar-refractivity contribution is -0.192. The topological polar surface area (TPSA) is 122 Å². The Kier molecular flexibility index (Phi) is 8.20. The molecule has 2 N–H and O–H groups in total. The number of halogens is 3. The minimum absolute atomic E-state index is 0.166. The Morgan fingerprint density at radius 1 is 1.35 bits per heavy atom. The van der Waals surface area contributed by atoms with Crippen molar-refractivity contribution >= 4 is 16.0 Å². The summed E-state index contributed by atoms with van der Waals surface area (Å²) in [5.41, 5.74) is 2.35. The van der Waals surface area contributed by atoms with E-state index in [1.54, 1.807) is 0 Å². The molecule has 0 amide bonds. The fraction of sp³-hybridized carbons (Fsp3) is 0.588. The van der Waals surface area contributed by atoms with E-state index in [1.807, 2.05) is 27.8 Å². The van der Waals surface area contributed by atoms with Gasteiger partial charge in [0.05, 0.1) is 24.2 Å². The number of nitrogens with zero attached hydrogens (tertiary/aromatic N) is 5. The van der Waals surface area contributed by atoms with Crippen LogP contribution >= 0.6 is 0 Å². The lowest BCUT2D eigenvalue weighted by Gasteiger charge is -2.33. The van der Waals surface area contributed by atoms with Crippen LogP contribution in [-0.2, 0) is 34.5 Å². The molecule has 0 saturated carbocycles. The first-order chi connectivity index (χ1) is 14.4.